The van der Waals surface area contributed by atoms with E-state index in [4.69, 9.17) is 4.74 Å². The molecule has 0 unspecified atom stereocenters. The summed E-state index contributed by atoms with van der Waals surface area (Å²) in [5.41, 5.74) is 0.683. The Labute approximate surface area is 167 Å². The summed E-state index contributed by atoms with van der Waals surface area (Å²) in [7, 11) is -3.82. The monoisotopic (exact) mass is 411 g/mol. The molecule has 8 heteroatoms. The second-order valence-corrected chi connectivity index (χ2v) is 8.30. The predicted octanol–water partition coefficient (Wildman–Crippen LogP) is 3.94. The van der Waals surface area contributed by atoms with Crippen molar-refractivity contribution in [3.63, 3.8) is 0 Å². The van der Waals surface area contributed by atoms with Crippen LogP contribution < -0.4 is 0 Å². The molecule has 0 atom stereocenters. The van der Waals surface area contributed by atoms with Gasteiger partial charge in [-0.3, -0.25) is 10.1 Å². The van der Waals surface area contributed by atoms with E-state index >= 15 is 0 Å². The minimum atomic E-state index is -3.82. The maximum Gasteiger partial charge on any atom is 0.339 e. The molecule has 0 radical (unpaired) electrons. The van der Waals surface area contributed by atoms with Crippen LogP contribution in [0.4, 0.5) is 5.69 Å². The second kappa shape index (κ2) is 8.24. The highest BCUT2D eigenvalue weighted by Crippen LogP contribution is 2.29. The first-order chi connectivity index (χ1) is 13.8. The van der Waals surface area contributed by atoms with Gasteiger partial charge in [-0.25, -0.2) is 13.2 Å². The summed E-state index contributed by atoms with van der Waals surface area (Å²) in [5.74, 6) is -0.800. The maximum atomic E-state index is 12.7. The van der Waals surface area contributed by atoms with Gasteiger partial charge in [0.2, 0.25) is 0 Å². The number of rotatable bonds is 6. The molecule has 3 aromatic rings. The minimum Gasteiger partial charge on any atom is -0.449 e. The molecule has 7 nitrogen and oxygen atoms in total. The van der Waals surface area contributed by atoms with Gasteiger partial charge in [0.15, 0.2) is 15.9 Å². The highest BCUT2D eigenvalue weighted by atomic mass is 32.2. The van der Waals surface area contributed by atoms with Gasteiger partial charge in [-0.05, 0) is 23.3 Å². The lowest BCUT2D eigenvalue weighted by Gasteiger charge is -2.19. The van der Waals surface area contributed by atoms with E-state index in [2.05, 4.69) is 0 Å². The number of nitro groups is 1. The maximum absolute atomic E-state index is 12.7. The van der Waals surface area contributed by atoms with E-state index in [0.717, 1.165) is 29.5 Å². The van der Waals surface area contributed by atoms with Crippen LogP contribution in [0.5, 0.6) is 0 Å². The smallest absolute Gasteiger partial charge is 0.339 e. The summed E-state index contributed by atoms with van der Waals surface area (Å²) >= 11 is 0. The molecular formula is C21H17NO6S. The van der Waals surface area contributed by atoms with Crippen LogP contribution >= 0.6 is 0 Å². The third-order valence-corrected chi connectivity index (χ3v) is 5.36. The molecule has 0 aliphatic rings. The van der Waals surface area contributed by atoms with Crippen LogP contribution in [0, 0.1) is 10.1 Å². The van der Waals surface area contributed by atoms with Crippen molar-refractivity contribution in [2.24, 2.45) is 0 Å². The van der Waals surface area contributed by atoms with E-state index in [-0.39, 0.29) is 5.56 Å². The quantitative estimate of drug-likeness (QED) is 0.346. The van der Waals surface area contributed by atoms with Gasteiger partial charge in [-0.15, -0.1) is 0 Å². The lowest BCUT2D eigenvalue weighted by molar-refractivity contribution is -0.387. The van der Waals surface area contributed by atoms with Crippen LogP contribution in [0.1, 0.15) is 27.6 Å². The van der Waals surface area contributed by atoms with E-state index in [1.807, 2.05) is 36.4 Å². The Balaban J connectivity index is 1.99. The highest BCUT2D eigenvalue weighted by Gasteiger charge is 2.26. The Kier molecular flexibility index (Phi) is 5.74. The van der Waals surface area contributed by atoms with Gasteiger partial charge in [-0.1, -0.05) is 60.7 Å². The van der Waals surface area contributed by atoms with Crippen molar-refractivity contribution >= 4 is 21.5 Å². The van der Waals surface area contributed by atoms with E-state index in [0.29, 0.717) is 0 Å². The number of nitro benzene ring substituents is 1. The molecular weight excluding hydrogens is 394 g/mol. The van der Waals surface area contributed by atoms with Crippen molar-refractivity contribution < 1.29 is 22.9 Å². The molecule has 0 aliphatic heterocycles. The summed E-state index contributed by atoms with van der Waals surface area (Å²) in [6.07, 6.45) is 0.146. The first kappa shape index (κ1) is 20.2. The van der Waals surface area contributed by atoms with Crippen molar-refractivity contribution in [2.45, 2.75) is 11.0 Å². The zero-order valence-corrected chi connectivity index (χ0v) is 16.2. The normalized spacial score (nSPS) is 11.2. The Bertz CT molecular complexity index is 1100. The molecule has 0 bridgehead atoms. The summed E-state index contributed by atoms with van der Waals surface area (Å²) in [5, 5.41) is 11.3. The minimum absolute atomic E-state index is 0.110. The summed E-state index contributed by atoms with van der Waals surface area (Å²) in [6, 6.07) is 21.3. The standard InChI is InChI=1S/C21H17NO6S/c1-29(26,27)19-13-12-17(14-18(19)22(24)25)21(23)28-20(15-8-4-2-5-9-15)16-10-6-3-7-11-16/h2-14,20H,1H3. The number of sulfone groups is 1. The van der Waals surface area contributed by atoms with Gasteiger partial charge >= 0.3 is 5.97 Å². The highest BCUT2D eigenvalue weighted by molar-refractivity contribution is 7.90. The molecule has 0 spiro atoms. The predicted molar refractivity (Wildman–Crippen MR) is 106 cm³/mol. The topological polar surface area (TPSA) is 104 Å². The number of nitrogens with zero attached hydrogens (tertiary/aromatic N) is 1. The lowest BCUT2D eigenvalue weighted by Crippen LogP contribution is -2.14. The van der Waals surface area contributed by atoms with Gasteiger partial charge in [0, 0.05) is 12.3 Å². The Morgan fingerprint density at radius 1 is 0.931 bits per heavy atom. The van der Waals surface area contributed by atoms with Crippen LogP contribution in [0.2, 0.25) is 0 Å². The first-order valence-corrected chi connectivity index (χ1v) is 10.5. The zero-order valence-electron chi connectivity index (χ0n) is 15.4. The second-order valence-electron chi connectivity index (χ2n) is 6.32. The van der Waals surface area contributed by atoms with Crippen molar-refractivity contribution in [2.75, 3.05) is 6.26 Å². The van der Waals surface area contributed by atoms with Gasteiger partial charge in [-0.2, -0.15) is 0 Å². The number of esters is 1. The molecule has 29 heavy (non-hydrogen) atoms. The zero-order chi connectivity index (χ0) is 21.0. The molecule has 3 rings (SSSR count). The van der Waals surface area contributed by atoms with E-state index in [1.165, 1.54) is 6.07 Å². The van der Waals surface area contributed by atoms with E-state index in [9.17, 15) is 23.3 Å². The summed E-state index contributed by atoms with van der Waals surface area (Å²) in [6.45, 7) is 0. The molecule has 0 heterocycles. The van der Waals surface area contributed by atoms with E-state index in [1.54, 1.807) is 24.3 Å². The fourth-order valence-corrected chi connectivity index (χ4v) is 3.69. The van der Waals surface area contributed by atoms with Crippen molar-refractivity contribution in [1.29, 1.82) is 0 Å². The van der Waals surface area contributed by atoms with Crippen LogP contribution in [0.25, 0.3) is 0 Å². The van der Waals surface area contributed by atoms with Gasteiger partial charge in [0.25, 0.3) is 5.69 Å². The number of carbonyl (C=O) groups excluding carboxylic acids is 1. The molecule has 3 aromatic carbocycles. The Hall–Kier alpha value is -3.52. The molecule has 0 saturated heterocycles. The third-order valence-electron chi connectivity index (χ3n) is 4.22. The SMILES string of the molecule is CS(=O)(=O)c1ccc(C(=O)OC(c2ccccc2)c2ccccc2)cc1[N+](=O)[O-]. The number of ether oxygens (including phenoxy) is 1. The fraction of sp³-hybridized carbons (Fsp3) is 0.0952. The average Bonchev–Trinajstić information content (AvgIpc) is 2.72. The largest absolute Gasteiger partial charge is 0.449 e. The molecule has 0 aliphatic carbocycles. The van der Waals surface area contributed by atoms with Gasteiger partial charge < -0.3 is 4.74 Å². The van der Waals surface area contributed by atoms with Gasteiger partial charge in [0.05, 0.1) is 10.5 Å². The summed E-state index contributed by atoms with van der Waals surface area (Å²) in [4.78, 5) is 22.7. The van der Waals surface area contributed by atoms with Crippen molar-refractivity contribution in [3.8, 4) is 0 Å². The molecule has 0 saturated carbocycles. The van der Waals surface area contributed by atoms with Crippen LogP contribution in [0.15, 0.2) is 83.8 Å². The molecule has 0 amide bonds. The fourth-order valence-electron chi connectivity index (χ4n) is 2.86. The number of benzene rings is 3. The summed E-state index contributed by atoms with van der Waals surface area (Å²) < 4.78 is 29.2. The Morgan fingerprint density at radius 2 is 1.45 bits per heavy atom. The molecule has 0 N–H and O–H groups in total. The van der Waals surface area contributed by atoms with Gasteiger partial charge in [0.1, 0.15) is 4.90 Å². The lowest BCUT2D eigenvalue weighted by atomic mass is 10.0. The third kappa shape index (κ3) is 4.67. The molecule has 0 fully saturated rings. The van der Waals surface area contributed by atoms with Crippen molar-refractivity contribution in [1.82, 2.24) is 0 Å². The number of hydrogen-bond acceptors (Lipinski definition) is 6. The first-order valence-electron chi connectivity index (χ1n) is 8.57. The molecule has 0 aromatic heterocycles. The average molecular weight is 411 g/mol. The van der Waals surface area contributed by atoms with Crippen LogP contribution in [0.3, 0.4) is 0 Å². The molecule has 148 valence electrons. The van der Waals surface area contributed by atoms with Crippen LogP contribution in [-0.2, 0) is 14.6 Å². The number of hydrogen-bond donors (Lipinski definition) is 0. The van der Waals surface area contributed by atoms with E-state index < -0.39 is 37.4 Å². The van der Waals surface area contributed by atoms with Crippen molar-refractivity contribution in [3.05, 3.63) is 106 Å². The Morgan fingerprint density at radius 3 is 1.90 bits per heavy atom. The number of carbonyl (C=O) groups is 1. The van der Waals surface area contributed by atoms with Crippen LogP contribution in [-0.4, -0.2) is 25.6 Å².